The minimum atomic E-state index is -0.220. The Morgan fingerprint density at radius 1 is 1.35 bits per heavy atom. The van der Waals surface area contributed by atoms with E-state index in [0.29, 0.717) is 29.2 Å². The topological polar surface area (TPSA) is 89.8 Å². The van der Waals surface area contributed by atoms with Crippen molar-refractivity contribution in [2.24, 2.45) is 0 Å². The second kappa shape index (κ2) is 5.91. The Morgan fingerprint density at radius 2 is 2.10 bits per heavy atom. The van der Waals surface area contributed by atoms with Crippen LogP contribution in [0.5, 0.6) is 0 Å². The maximum Gasteiger partial charge on any atom is 0.265 e. The van der Waals surface area contributed by atoms with Crippen molar-refractivity contribution in [3.63, 3.8) is 0 Å². The van der Waals surface area contributed by atoms with Crippen LogP contribution in [0.4, 0.5) is 0 Å². The molecule has 0 aliphatic heterocycles. The van der Waals surface area contributed by atoms with Gasteiger partial charge in [0.15, 0.2) is 0 Å². The highest BCUT2D eigenvalue weighted by molar-refractivity contribution is 7.07. The molecular weight excluding hydrogens is 278 g/mol. The summed E-state index contributed by atoms with van der Waals surface area (Å²) in [5, 5.41) is 6.52. The third-order valence-electron chi connectivity index (χ3n) is 3.01. The summed E-state index contributed by atoms with van der Waals surface area (Å²) >= 11 is 1.06. The Bertz CT molecular complexity index is 691. The molecule has 0 saturated heterocycles. The first-order valence-corrected chi connectivity index (χ1v) is 6.88. The van der Waals surface area contributed by atoms with E-state index in [1.54, 1.807) is 20.8 Å². The number of nitrogens with one attached hydrogen (secondary N) is 1. The van der Waals surface area contributed by atoms with E-state index in [2.05, 4.69) is 19.9 Å². The van der Waals surface area contributed by atoms with Crippen molar-refractivity contribution in [3.8, 4) is 0 Å². The van der Waals surface area contributed by atoms with E-state index in [4.69, 9.17) is 0 Å². The third-order valence-corrected chi connectivity index (χ3v) is 3.84. The maximum absolute atomic E-state index is 11.9. The van der Waals surface area contributed by atoms with Crippen LogP contribution in [-0.2, 0) is 6.54 Å². The van der Waals surface area contributed by atoms with Crippen molar-refractivity contribution in [3.05, 3.63) is 38.5 Å². The molecule has 0 saturated carbocycles. The minimum Gasteiger partial charge on any atom is -0.349 e. The Labute approximate surface area is 119 Å². The van der Waals surface area contributed by atoms with Gasteiger partial charge in [-0.05, 0) is 32.3 Å². The highest BCUT2D eigenvalue weighted by atomic mass is 32.1. The highest BCUT2D eigenvalue weighted by Crippen LogP contribution is 2.07. The van der Waals surface area contributed by atoms with E-state index in [-0.39, 0.29) is 11.5 Å². The molecule has 20 heavy (non-hydrogen) atoms. The van der Waals surface area contributed by atoms with Crippen LogP contribution in [0.25, 0.3) is 0 Å². The van der Waals surface area contributed by atoms with Gasteiger partial charge < -0.3 is 5.32 Å². The second-order valence-corrected chi connectivity index (χ2v) is 5.15. The number of aromatic nitrogens is 4. The van der Waals surface area contributed by atoms with Crippen LogP contribution in [0.3, 0.4) is 0 Å². The molecule has 1 N–H and O–H groups in total. The number of carbonyl (C=O) groups is 1. The Hall–Kier alpha value is -2.09. The molecule has 8 heteroatoms. The second-order valence-electron chi connectivity index (χ2n) is 4.40. The molecule has 0 atom stereocenters. The number of amides is 1. The van der Waals surface area contributed by atoms with E-state index >= 15 is 0 Å². The molecule has 0 fully saturated rings. The Morgan fingerprint density at radius 3 is 2.75 bits per heavy atom. The molecule has 1 amide bonds. The summed E-state index contributed by atoms with van der Waals surface area (Å²) in [6.07, 6.45) is 1.50. The average Bonchev–Trinajstić information content (AvgIpc) is 2.85. The van der Waals surface area contributed by atoms with Gasteiger partial charge in [0, 0.05) is 24.3 Å². The summed E-state index contributed by atoms with van der Waals surface area (Å²) in [7, 11) is 0. The SMILES string of the molecule is Cc1nnsc1C(=O)NCCn1cnc(C)c(C)c1=O. The van der Waals surface area contributed by atoms with Gasteiger partial charge in [0.05, 0.1) is 12.0 Å². The van der Waals surface area contributed by atoms with Crippen LogP contribution in [0, 0.1) is 20.8 Å². The van der Waals surface area contributed by atoms with Gasteiger partial charge in [-0.25, -0.2) is 4.98 Å². The third kappa shape index (κ3) is 2.90. The normalized spacial score (nSPS) is 10.6. The number of hydrogen-bond donors (Lipinski definition) is 1. The maximum atomic E-state index is 11.9. The van der Waals surface area contributed by atoms with Crippen molar-refractivity contribution in [1.29, 1.82) is 0 Å². The number of nitrogens with zero attached hydrogens (tertiary/aromatic N) is 4. The molecule has 0 unspecified atom stereocenters. The van der Waals surface area contributed by atoms with Crippen molar-refractivity contribution in [2.45, 2.75) is 27.3 Å². The van der Waals surface area contributed by atoms with Gasteiger partial charge in [-0.15, -0.1) is 5.10 Å². The van der Waals surface area contributed by atoms with Gasteiger partial charge >= 0.3 is 0 Å². The molecule has 0 aliphatic rings. The largest absolute Gasteiger partial charge is 0.349 e. The van der Waals surface area contributed by atoms with E-state index in [9.17, 15) is 9.59 Å². The number of carbonyl (C=O) groups excluding carboxylic acids is 1. The lowest BCUT2D eigenvalue weighted by molar-refractivity contribution is 0.0955. The lowest BCUT2D eigenvalue weighted by Crippen LogP contribution is -2.32. The zero-order chi connectivity index (χ0) is 14.7. The van der Waals surface area contributed by atoms with Crippen molar-refractivity contribution < 1.29 is 4.79 Å². The van der Waals surface area contributed by atoms with Crippen molar-refractivity contribution in [1.82, 2.24) is 24.5 Å². The molecular formula is C12H15N5O2S. The first kappa shape index (κ1) is 14.3. The molecule has 0 bridgehead atoms. The fourth-order valence-electron chi connectivity index (χ4n) is 1.64. The van der Waals surface area contributed by atoms with Crippen LogP contribution in [-0.4, -0.2) is 31.6 Å². The molecule has 106 valence electrons. The molecule has 0 aromatic carbocycles. The van der Waals surface area contributed by atoms with Gasteiger partial charge in [-0.2, -0.15) is 0 Å². The first-order chi connectivity index (χ1) is 9.50. The van der Waals surface area contributed by atoms with E-state index < -0.39 is 0 Å². The van der Waals surface area contributed by atoms with Gasteiger partial charge in [-0.3, -0.25) is 14.2 Å². The summed E-state index contributed by atoms with van der Waals surface area (Å²) in [4.78, 5) is 28.4. The summed E-state index contributed by atoms with van der Waals surface area (Å²) in [5.41, 5.74) is 1.88. The molecule has 0 radical (unpaired) electrons. The van der Waals surface area contributed by atoms with E-state index in [1.807, 2.05) is 0 Å². The number of aryl methyl sites for hydroxylation is 2. The predicted molar refractivity (Wildman–Crippen MR) is 75.0 cm³/mol. The monoisotopic (exact) mass is 293 g/mol. The lowest BCUT2D eigenvalue weighted by Gasteiger charge is -2.08. The van der Waals surface area contributed by atoms with Gasteiger partial charge in [0.1, 0.15) is 4.88 Å². The zero-order valence-corrected chi connectivity index (χ0v) is 12.3. The molecule has 2 heterocycles. The van der Waals surface area contributed by atoms with Crippen molar-refractivity contribution >= 4 is 17.4 Å². The van der Waals surface area contributed by atoms with E-state index in [1.165, 1.54) is 10.9 Å². The van der Waals surface area contributed by atoms with Crippen LogP contribution >= 0.6 is 11.5 Å². The molecule has 2 aromatic rings. The predicted octanol–water partition coefficient (Wildman–Crippen LogP) is 0.450. The highest BCUT2D eigenvalue weighted by Gasteiger charge is 2.12. The smallest absolute Gasteiger partial charge is 0.265 e. The van der Waals surface area contributed by atoms with E-state index in [0.717, 1.165) is 17.2 Å². The van der Waals surface area contributed by atoms with Crippen molar-refractivity contribution in [2.75, 3.05) is 6.54 Å². The summed E-state index contributed by atoms with van der Waals surface area (Å²) in [6.45, 7) is 5.99. The fourth-order valence-corrected chi connectivity index (χ4v) is 2.22. The average molecular weight is 293 g/mol. The Balaban J connectivity index is 1.97. The molecule has 0 spiro atoms. The van der Waals surface area contributed by atoms with Crippen LogP contribution in [0.1, 0.15) is 26.6 Å². The standard InChI is InChI=1S/C12H15N5O2S/c1-7-8(2)14-6-17(12(7)19)5-4-13-11(18)10-9(3)15-16-20-10/h6H,4-5H2,1-3H3,(H,13,18). The quantitative estimate of drug-likeness (QED) is 0.884. The number of hydrogen-bond acceptors (Lipinski definition) is 6. The summed E-state index contributed by atoms with van der Waals surface area (Å²) < 4.78 is 5.20. The summed E-state index contributed by atoms with van der Waals surface area (Å²) in [5.74, 6) is -0.220. The fraction of sp³-hybridized carbons (Fsp3) is 0.417. The number of rotatable bonds is 4. The van der Waals surface area contributed by atoms with Gasteiger partial charge in [0.2, 0.25) is 0 Å². The Kier molecular flexibility index (Phi) is 4.23. The van der Waals surface area contributed by atoms with Crippen LogP contribution in [0.15, 0.2) is 11.1 Å². The molecule has 2 rings (SSSR count). The lowest BCUT2D eigenvalue weighted by atomic mass is 10.3. The molecule has 7 nitrogen and oxygen atoms in total. The zero-order valence-electron chi connectivity index (χ0n) is 11.5. The van der Waals surface area contributed by atoms with Crippen LogP contribution < -0.4 is 10.9 Å². The first-order valence-electron chi connectivity index (χ1n) is 6.10. The summed E-state index contributed by atoms with van der Waals surface area (Å²) in [6, 6.07) is 0. The molecule has 2 aromatic heterocycles. The van der Waals surface area contributed by atoms with Gasteiger partial charge in [0.25, 0.3) is 11.5 Å². The van der Waals surface area contributed by atoms with Gasteiger partial charge in [-0.1, -0.05) is 4.49 Å². The minimum absolute atomic E-state index is 0.0811. The van der Waals surface area contributed by atoms with Crippen LogP contribution in [0.2, 0.25) is 0 Å². The molecule has 0 aliphatic carbocycles.